The van der Waals surface area contributed by atoms with Crippen LogP contribution in [-0.4, -0.2) is 12.5 Å². The Morgan fingerprint density at radius 2 is 1.78 bits per heavy atom. The second-order valence-electron chi connectivity index (χ2n) is 5.62. The first-order valence-corrected chi connectivity index (χ1v) is 8.59. The lowest BCUT2D eigenvalue weighted by molar-refractivity contribution is -0.114. The fourth-order valence-electron chi connectivity index (χ4n) is 2.38. The molecular formula is C21H16ClN3O2. The molecule has 0 aliphatic rings. The third kappa shape index (κ3) is 5.00. The van der Waals surface area contributed by atoms with E-state index in [0.717, 1.165) is 0 Å². The Kier molecular flexibility index (Phi) is 5.93. The monoisotopic (exact) mass is 377 g/mol. The molecular weight excluding hydrogens is 362 g/mol. The molecule has 2 N–H and O–H groups in total. The van der Waals surface area contributed by atoms with Gasteiger partial charge in [-0.1, -0.05) is 41.9 Å². The molecule has 0 saturated heterocycles. The lowest BCUT2D eigenvalue weighted by Gasteiger charge is -2.13. The van der Waals surface area contributed by atoms with Crippen LogP contribution >= 0.6 is 11.6 Å². The molecule has 3 aromatic carbocycles. The third-order valence-electron chi connectivity index (χ3n) is 3.67. The van der Waals surface area contributed by atoms with Gasteiger partial charge in [0.1, 0.15) is 11.8 Å². The molecule has 0 fully saturated rings. The van der Waals surface area contributed by atoms with Gasteiger partial charge in [-0.2, -0.15) is 5.26 Å². The Labute approximate surface area is 162 Å². The van der Waals surface area contributed by atoms with Gasteiger partial charge in [0.05, 0.1) is 22.8 Å². The Morgan fingerprint density at radius 3 is 2.52 bits per heavy atom. The van der Waals surface area contributed by atoms with Gasteiger partial charge in [-0.15, -0.1) is 0 Å². The number of amides is 1. The predicted octanol–water partition coefficient (Wildman–Crippen LogP) is 5.05. The van der Waals surface area contributed by atoms with Crippen LogP contribution in [0.15, 0.2) is 72.8 Å². The zero-order valence-corrected chi connectivity index (χ0v) is 15.0. The van der Waals surface area contributed by atoms with Crippen molar-refractivity contribution in [3.8, 4) is 17.6 Å². The van der Waals surface area contributed by atoms with E-state index in [2.05, 4.69) is 10.6 Å². The maximum Gasteiger partial charge on any atom is 0.243 e. The molecule has 0 atom stereocenters. The second-order valence-corrected chi connectivity index (χ2v) is 6.03. The van der Waals surface area contributed by atoms with Crippen molar-refractivity contribution >= 4 is 28.9 Å². The van der Waals surface area contributed by atoms with E-state index in [1.54, 1.807) is 18.2 Å². The van der Waals surface area contributed by atoms with E-state index in [1.807, 2.05) is 60.7 Å². The SMILES string of the molecule is N#Cc1ccc(NC(=O)CNc2ccccc2Oc2ccccc2)cc1Cl. The summed E-state index contributed by atoms with van der Waals surface area (Å²) in [5.41, 5.74) is 1.59. The molecule has 6 heteroatoms. The molecule has 5 nitrogen and oxygen atoms in total. The maximum atomic E-state index is 12.2. The van der Waals surface area contributed by atoms with Crippen LogP contribution in [-0.2, 0) is 4.79 Å². The minimum Gasteiger partial charge on any atom is -0.455 e. The molecule has 0 aliphatic heterocycles. The van der Waals surface area contributed by atoms with Crippen LogP contribution in [0.2, 0.25) is 5.02 Å². The van der Waals surface area contributed by atoms with Gasteiger partial charge < -0.3 is 15.4 Å². The fraction of sp³-hybridized carbons (Fsp3) is 0.0476. The molecule has 27 heavy (non-hydrogen) atoms. The normalized spacial score (nSPS) is 9.93. The van der Waals surface area contributed by atoms with Crippen molar-refractivity contribution in [3.63, 3.8) is 0 Å². The Bertz CT molecular complexity index is 984. The average Bonchev–Trinajstić information content (AvgIpc) is 2.68. The maximum absolute atomic E-state index is 12.2. The lowest BCUT2D eigenvalue weighted by atomic mass is 10.2. The molecule has 3 aromatic rings. The minimum atomic E-state index is -0.245. The molecule has 0 heterocycles. The lowest BCUT2D eigenvalue weighted by Crippen LogP contribution is -2.21. The Morgan fingerprint density at radius 1 is 1.04 bits per heavy atom. The highest BCUT2D eigenvalue weighted by Gasteiger charge is 2.08. The number of ether oxygens (including phenoxy) is 1. The molecule has 1 amide bonds. The molecule has 0 saturated carbocycles. The van der Waals surface area contributed by atoms with Crippen molar-refractivity contribution in [1.29, 1.82) is 5.26 Å². The van der Waals surface area contributed by atoms with Crippen LogP contribution in [0, 0.1) is 11.3 Å². The fourth-order valence-corrected chi connectivity index (χ4v) is 2.60. The number of nitrogens with one attached hydrogen (secondary N) is 2. The van der Waals surface area contributed by atoms with Crippen LogP contribution in [0.1, 0.15) is 5.56 Å². The summed E-state index contributed by atoms with van der Waals surface area (Å²) in [4.78, 5) is 12.2. The number of rotatable bonds is 6. The number of nitrogens with zero attached hydrogens (tertiary/aromatic N) is 1. The smallest absolute Gasteiger partial charge is 0.243 e. The number of para-hydroxylation sites is 3. The first-order valence-electron chi connectivity index (χ1n) is 8.21. The number of carbonyl (C=O) groups is 1. The van der Waals surface area contributed by atoms with E-state index in [-0.39, 0.29) is 12.5 Å². The van der Waals surface area contributed by atoms with Crippen LogP contribution < -0.4 is 15.4 Å². The van der Waals surface area contributed by atoms with Gasteiger partial charge in [0.2, 0.25) is 5.91 Å². The minimum absolute atomic E-state index is 0.0484. The summed E-state index contributed by atoms with van der Waals surface area (Å²) < 4.78 is 5.86. The number of halogens is 1. The number of hydrogen-bond donors (Lipinski definition) is 2. The van der Waals surface area contributed by atoms with Gasteiger partial charge >= 0.3 is 0 Å². The topological polar surface area (TPSA) is 74.2 Å². The highest BCUT2D eigenvalue weighted by Crippen LogP contribution is 2.29. The number of benzene rings is 3. The largest absolute Gasteiger partial charge is 0.455 e. The summed E-state index contributed by atoms with van der Waals surface area (Å²) in [5.74, 6) is 1.09. The van der Waals surface area contributed by atoms with Crippen molar-refractivity contribution < 1.29 is 9.53 Å². The van der Waals surface area contributed by atoms with E-state index in [0.29, 0.717) is 33.5 Å². The summed E-state index contributed by atoms with van der Waals surface area (Å²) in [6, 6.07) is 23.5. The summed E-state index contributed by atoms with van der Waals surface area (Å²) in [7, 11) is 0. The molecule has 134 valence electrons. The van der Waals surface area contributed by atoms with Crippen LogP contribution in [0.25, 0.3) is 0 Å². The summed E-state index contributed by atoms with van der Waals surface area (Å²) in [5, 5.41) is 15.0. The molecule has 0 aliphatic carbocycles. The van der Waals surface area contributed by atoms with Gasteiger partial charge in [0.15, 0.2) is 5.75 Å². The van der Waals surface area contributed by atoms with Crippen molar-refractivity contribution in [1.82, 2.24) is 0 Å². The molecule has 0 spiro atoms. The second kappa shape index (κ2) is 8.75. The van der Waals surface area contributed by atoms with E-state index in [1.165, 1.54) is 0 Å². The molecule has 0 bridgehead atoms. The number of carbonyl (C=O) groups excluding carboxylic acids is 1. The van der Waals surface area contributed by atoms with E-state index in [4.69, 9.17) is 21.6 Å². The highest BCUT2D eigenvalue weighted by molar-refractivity contribution is 6.32. The van der Waals surface area contributed by atoms with Crippen LogP contribution in [0.3, 0.4) is 0 Å². The number of nitriles is 1. The zero-order valence-electron chi connectivity index (χ0n) is 14.3. The predicted molar refractivity (Wildman–Crippen MR) is 106 cm³/mol. The summed E-state index contributed by atoms with van der Waals surface area (Å²) in [6.07, 6.45) is 0. The van der Waals surface area contributed by atoms with Crippen molar-refractivity contribution in [2.75, 3.05) is 17.2 Å². The van der Waals surface area contributed by atoms with Crippen molar-refractivity contribution in [3.05, 3.63) is 83.4 Å². The molecule has 3 rings (SSSR count). The van der Waals surface area contributed by atoms with E-state index < -0.39 is 0 Å². The highest BCUT2D eigenvalue weighted by atomic mass is 35.5. The van der Waals surface area contributed by atoms with E-state index in [9.17, 15) is 4.79 Å². The van der Waals surface area contributed by atoms with E-state index >= 15 is 0 Å². The third-order valence-corrected chi connectivity index (χ3v) is 3.98. The summed E-state index contributed by atoms with van der Waals surface area (Å²) >= 11 is 5.98. The van der Waals surface area contributed by atoms with Gasteiger partial charge in [-0.3, -0.25) is 4.79 Å². The quantitative estimate of drug-likeness (QED) is 0.630. The molecule has 0 aromatic heterocycles. The Balaban J connectivity index is 1.62. The Hall–Kier alpha value is -3.49. The van der Waals surface area contributed by atoms with Gasteiger partial charge in [0.25, 0.3) is 0 Å². The standard InChI is InChI=1S/C21H16ClN3O2/c22-18-12-16(11-10-15(18)13-23)25-21(26)14-24-19-8-4-5-9-20(19)27-17-6-2-1-3-7-17/h1-12,24H,14H2,(H,25,26). The van der Waals surface area contributed by atoms with Gasteiger partial charge in [-0.05, 0) is 42.5 Å². The van der Waals surface area contributed by atoms with Crippen LogP contribution in [0.5, 0.6) is 11.5 Å². The van der Waals surface area contributed by atoms with Gasteiger partial charge in [0, 0.05) is 5.69 Å². The van der Waals surface area contributed by atoms with Crippen molar-refractivity contribution in [2.24, 2.45) is 0 Å². The van der Waals surface area contributed by atoms with Gasteiger partial charge in [-0.25, -0.2) is 0 Å². The molecule has 0 unspecified atom stereocenters. The first-order chi connectivity index (χ1) is 13.2. The van der Waals surface area contributed by atoms with Crippen molar-refractivity contribution in [2.45, 2.75) is 0 Å². The number of hydrogen-bond acceptors (Lipinski definition) is 4. The molecule has 0 radical (unpaired) electrons. The first kappa shape index (κ1) is 18.3. The number of anilines is 2. The summed E-state index contributed by atoms with van der Waals surface area (Å²) in [6.45, 7) is 0.0484. The van der Waals surface area contributed by atoms with Crippen LogP contribution in [0.4, 0.5) is 11.4 Å². The zero-order chi connectivity index (χ0) is 19.1. The average molecular weight is 378 g/mol.